The van der Waals surface area contributed by atoms with Gasteiger partial charge in [0.1, 0.15) is 0 Å². The molecule has 0 fully saturated rings. The lowest BCUT2D eigenvalue weighted by Gasteiger charge is -2.10. The lowest BCUT2D eigenvalue weighted by molar-refractivity contribution is 0.0450. The Morgan fingerprint density at radius 3 is 1.31 bits per heavy atom. The first-order valence-corrected chi connectivity index (χ1v) is 13.8. The maximum Gasteiger partial charge on any atom is 0.339 e. The number of benzene rings is 1. The normalized spacial score (nSPS) is 10.7. The van der Waals surface area contributed by atoms with E-state index < -0.39 is 11.9 Å². The van der Waals surface area contributed by atoms with Gasteiger partial charge in [0.15, 0.2) is 0 Å². The van der Waals surface area contributed by atoms with Crippen molar-refractivity contribution < 1.29 is 23.8 Å². The molecule has 0 heterocycles. The molecule has 0 aliphatic carbocycles. The third-order valence-corrected chi connectivity index (χ3v) is 5.59. The molecule has 0 saturated heterocycles. The Labute approximate surface area is 215 Å². The first-order chi connectivity index (χ1) is 16.8. The Kier molecular flexibility index (Phi) is 21.4. The highest BCUT2D eigenvalue weighted by atomic mass is 16.5. The van der Waals surface area contributed by atoms with Crippen LogP contribution in [-0.4, -0.2) is 38.4 Å². The van der Waals surface area contributed by atoms with Gasteiger partial charge < -0.3 is 14.2 Å². The van der Waals surface area contributed by atoms with Crippen LogP contribution in [0.15, 0.2) is 24.3 Å². The fourth-order valence-corrected chi connectivity index (χ4v) is 3.54. The highest BCUT2D eigenvalue weighted by molar-refractivity contribution is 6.03. The van der Waals surface area contributed by atoms with Crippen molar-refractivity contribution in [2.75, 3.05) is 26.4 Å². The summed E-state index contributed by atoms with van der Waals surface area (Å²) in [6.07, 6.45) is 11.1. The maximum absolute atomic E-state index is 12.4. The second-order valence-electron chi connectivity index (χ2n) is 9.79. The molecular formula is C30H52O5. The summed E-state index contributed by atoms with van der Waals surface area (Å²) < 4.78 is 15.6. The van der Waals surface area contributed by atoms with Crippen molar-refractivity contribution in [2.24, 2.45) is 11.8 Å². The van der Waals surface area contributed by atoms with Gasteiger partial charge in [-0.05, 0) is 50.7 Å². The summed E-state index contributed by atoms with van der Waals surface area (Å²) >= 11 is 0. The SMILES string of the molecule is CC(C)CCCCCCOC(=O)c1ccccc1C(=O)OCCCCCCC(C)C.CCOCC. The number of esters is 2. The van der Waals surface area contributed by atoms with Crippen LogP contribution >= 0.6 is 0 Å². The standard InChI is InChI=1S/C26H42O4.C4H10O/c1-21(2)15-9-5-7-13-19-29-25(27)23-17-11-12-18-24(23)26(28)30-20-14-8-6-10-16-22(3)4;1-3-5-4-2/h11-12,17-18,21-22H,5-10,13-16,19-20H2,1-4H3;3-4H2,1-2H3. The maximum atomic E-state index is 12.4. The molecular weight excluding hydrogens is 440 g/mol. The van der Waals surface area contributed by atoms with Crippen LogP contribution in [0, 0.1) is 11.8 Å². The van der Waals surface area contributed by atoms with Crippen molar-refractivity contribution in [3.63, 3.8) is 0 Å². The van der Waals surface area contributed by atoms with Crippen LogP contribution in [0.2, 0.25) is 0 Å². The molecule has 1 aromatic carbocycles. The van der Waals surface area contributed by atoms with E-state index in [4.69, 9.17) is 14.2 Å². The first-order valence-electron chi connectivity index (χ1n) is 13.8. The zero-order valence-corrected chi connectivity index (χ0v) is 23.4. The summed E-state index contributed by atoms with van der Waals surface area (Å²) in [4.78, 5) is 24.8. The summed E-state index contributed by atoms with van der Waals surface area (Å²) in [5.74, 6) is 0.588. The summed E-state index contributed by atoms with van der Waals surface area (Å²) in [6.45, 7) is 15.4. The van der Waals surface area contributed by atoms with Crippen LogP contribution in [-0.2, 0) is 14.2 Å². The molecule has 5 heteroatoms. The van der Waals surface area contributed by atoms with Crippen LogP contribution in [0.1, 0.15) is 126 Å². The molecule has 0 aromatic heterocycles. The van der Waals surface area contributed by atoms with E-state index in [-0.39, 0.29) is 0 Å². The number of hydrogen-bond acceptors (Lipinski definition) is 5. The van der Waals surface area contributed by atoms with Gasteiger partial charge in [0.05, 0.1) is 24.3 Å². The van der Waals surface area contributed by atoms with E-state index in [1.165, 1.54) is 25.7 Å². The largest absolute Gasteiger partial charge is 0.462 e. The van der Waals surface area contributed by atoms with E-state index in [1.54, 1.807) is 24.3 Å². The van der Waals surface area contributed by atoms with Gasteiger partial charge in [-0.2, -0.15) is 0 Å². The van der Waals surface area contributed by atoms with Crippen molar-refractivity contribution in [1.29, 1.82) is 0 Å². The topological polar surface area (TPSA) is 61.8 Å². The summed E-state index contributed by atoms with van der Waals surface area (Å²) in [7, 11) is 0. The van der Waals surface area contributed by atoms with Crippen molar-refractivity contribution in [2.45, 2.75) is 106 Å². The minimum Gasteiger partial charge on any atom is -0.462 e. The van der Waals surface area contributed by atoms with Gasteiger partial charge in [-0.3, -0.25) is 0 Å². The molecule has 0 amide bonds. The van der Waals surface area contributed by atoms with E-state index in [9.17, 15) is 9.59 Å². The molecule has 1 rings (SSSR count). The van der Waals surface area contributed by atoms with Gasteiger partial charge in [-0.25, -0.2) is 9.59 Å². The molecule has 202 valence electrons. The molecule has 0 N–H and O–H groups in total. The minimum atomic E-state index is -0.446. The molecule has 1 aromatic rings. The number of ether oxygens (including phenoxy) is 3. The fraction of sp³-hybridized carbons (Fsp3) is 0.733. The third-order valence-electron chi connectivity index (χ3n) is 5.59. The zero-order chi connectivity index (χ0) is 26.3. The van der Waals surface area contributed by atoms with Crippen molar-refractivity contribution in [3.8, 4) is 0 Å². The summed E-state index contributed by atoms with van der Waals surface area (Å²) in [6, 6.07) is 6.75. The van der Waals surface area contributed by atoms with Gasteiger partial charge in [0.25, 0.3) is 0 Å². The van der Waals surface area contributed by atoms with Crippen LogP contribution in [0.4, 0.5) is 0 Å². The highest BCUT2D eigenvalue weighted by Gasteiger charge is 2.18. The summed E-state index contributed by atoms with van der Waals surface area (Å²) in [5, 5.41) is 0. The van der Waals surface area contributed by atoms with E-state index in [2.05, 4.69) is 27.7 Å². The number of unbranched alkanes of at least 4 members (excludes halogenated alkanes) is 6. The molecule has 0 radical (unpaired) electrons. The predicted octanol–water partition coefficient (Wildman–Crippen LogP) is 8.26. The van der Waals surface area contributed by atoms with Crippen LogP contribution < -0.4 is 0 Å². The second-order valence-corrected chi connectivity index (χ2v) is 9.79. The Morgan fingerprint density at radius 2 is 1.00 bits per heavy atom. The van der Waals surface area contributed by atoms with Crippen molar-refractivity contribution >= 4 is 11.9 Å². The summed E-state index contributed by atoms with van der Waals surface area (Å²) in [5.41, 5.74) is 0.582. The van der Waals surface area contributed by atoms with E-state index >= 15 is 0 Å². The molecule has 0 aliphatic heterocycles. The average Bonchev–Trinajstić information content (AvgIpc) is 2.83. The smallest absolute Gasteiger partial charge is 0.339 e. The Balaban J connectivity index is 0.00000209. The molecule has 35 heavy (non-hydrogen) atoms. The quantitative estimate of drug-likeness (QED) is 0.152. The predicted molar refractivity (Wildman–Crippen MR) is 145 cm³/mol. The molecule has 0 aliphatic rings. The monoisotopic (exact) mass is 492 g/mol. The van der Waals surface area contributed by atoms with Gasteiger partial charge in [-0.15, -0.1) is 0 Å². The highest BCUT2D eigenvalue weighted by Crippen LogP contribution is 2.14. The van der Waals surface area contributed by atoms with Gasteiger partial charge >= 0.3 is 11.9 Å². The van der Waals surface area contributed by atoms with Crippen molar-refractivity contribution in [3.05, 3.63) is 35.4 Å². The Morgan fingerprint density at radius 1 is 0.629 bits per heavy atom. The first kappa shape index (κ1) is 33.1. The molecule has 0 atom stereocenters. The lowest BCUT2D eigenvalue weighted by atomic mass is 10.0. The Hall–Kier alpha value is -1.88. The number of hydrogen-bond donors (Lipinski definition) is 0. The third kappa shape index (κ3) is 19.0. The van der Waals surface area contributed by atoms with Crippen molar-refractivity contribution in [1.82, 2.24) is 0 Å². The lowest BCUT2D eigenvalue weighted by Crippen LogP contribution is -2.15. The van der Waals surface area contributed by atoms with Crippen LogP contribution in [0.3, 0.4) is 0 Å². The average molecular weight is 493 g/mol. The molecule has 0 bridgehead atoms. The molecule has 0 unspecified atom stereocenters. The van der Waals surface area contributed by atoms with Gasteiger partial charge in [-0.1, -0.05) is 91.2 Å². The number of carbonyl (C=O) groups is 2. The van der Waals surface area contributed by atoms with E-state index in [0.717, 1.165) is 63.6 Å². The second kappa shape index (κ2) is 22.6. The van der Waals surface area contributed by atoms with E-state index in [1.807, 2.05) is 13.8 Å². The number of rotatable bonds is 18. The van der Waals surface area contributed by atoms with Crippen LogP contribution in [0.25, 0.3) is 0 Å². The number of carbonyl (C=O) groups excluding carboxylic acids is 2. The molecule has 5 nitrogen and oxygen atoms in total. The van der Waals surface area contributed by atoms with Gasteiger partial charge in [0, 0.05) is 13.2 Å². The van der Waals surface area contributed by atoms with Gasteiger partial charge in [0.2, 0.25) is 0 Å². The van der Waals surface area contributed by atoms with Crippen LogP contribution in [0.5, 0.6) is 0 Å². The van der Waals surface area contributed by atoms with E-state index in [0.29, 0.717) is 24.3 Å². The molecule has 0 saturated carbocycles. The fourth-order valence-electron chi connectivity index (χ4n) is 3.54. The Bertz CT molecular complexity index is 599. The molecule has 0 spiro atoms. The minimum absolute atomic E-state index is 0.291. The zero-order valence-electron chi connectivity index (χ0n) is 23.4.